The minimum Gasteiger partial charge on any atom is -0.497 e. The number of hydrogen-bond donors (Lipinski definition) is 1. The standard InChI is InChI=1S/C18H25N3O5S/c1-3-21-17(22)12-16(18(21)23)19-13-8-10-20(11-9-13)27(24,25)15-6-4-14(26-2)5-7-15/h4-7,13,16,19H,3,8-12H2,1-2H3/p+1/t16-/m1/s1. The van der Waals surface area contributed by atoms with Gasteiger partial charge in [-0.15, -0.1) is 0 Å². The Morgan fingerprint density at radius 1 is 1.15 bits per heavy atom. The summed E-state index contributed by atoms with van der Waals surface area (Å²) in [5.74, 6) is 0.359. The lowest BCUT2D eigenvalue weighted by molar-refractivity contribution is -0.710. The van der Waals surface area contributed by atoms with Crippen molar-refractivity contribution >= 4 is 21.8 Å². The zero-order valence-corrected chi connectivity index (χ0v) is 16.4. The van der Waals surface area contributed by atoms with E-state index in [1.165, 1.54) is 16.3 Å². The highest BCUT2D eigenvalue weighted by atomic mass is 32.2. The number of likely N-dealkylation sites (N-methyl/N-ethyl adjacent to an activating group) is 1. The third-order valence-corrected chi connectivity index (χ3v) is 7.21. The lowest BCUT2D eigenvalue weighted by Gasteiger charge is -2.30. The van der Waals surface area contributed by atoms with Crippen molar-refractivity contribution in [3.05, 3.63) is 24.3 Å². The maximum Gasteiger partial charge on any atom is 0.287 e. The SMILES string of the molecule is CCN1C(=O)C[C@@H]([NH2+]C2CCN(S(=O)(=O)c3ccc(OC)cc3)CC2)C1=O. The van der Waals surface area contributed by atoms with Gasteiger partial charge in [-0.25, -0.2) is 8.42 Å². The van der Waals surface area contributed by atoms with E-state index in [4.69, 9.17) is 4.74 Å². The number of amides is 2. The highest BCUT2D eigenvalue weighted by molar-refractivity contribution is 7.89. The van der Waals surface area contributed by atoms with Gasteiger partial charge in [0.05, 0.1) is 24.5 Å². The molecule has 0 spiro atoms. The van der Waals surface area contributed by atoms with Gasteiger partial charge in [0.15, 0.2) is 6.04 Å². The Hall–Kier alpha value is -1.97. The Labute approximate surface area is 159 Å². The van der Waals surface area contributed by atoms with Gasteiger partial charge in [-0.3, -0.25) is 14.5 Å². The van der Waals surface area contributed by atoms with Crippen LogP contribution in [0.1, 0.15) is 26.2 Å². The number of nitrogens with two attached hydrogens (primary N) is 1. The van der Waals surface area contributed by atoms with Gasteiger partial charge in [0.25, 0.3) is 5.91 Å². The van der Waals surface area contributed by atoms with Gasteiger partial charge in [0.1, 0.15) is 5.75 Å². The van der Waals surface area contributed by atoms with E-state index < -0.39 is 10.0 Å². The van der Waals surface area contributed by atoms with Crippen LogP contribution in [0.25, 0.3) is 0 Å². The number of benzene rings is 1. The van der Waals surface area contributed by atoms with Crippen molar-refractivity contribution in [2.24, 2.45) is 0 Å². The van der Waals surface area contributed by atoms with Crippen molar-refractivity contribution in [3.8, 4) is 5.75 Å². The zero-order valence-electron chi connectivity index (χ0n) is 15.6. The van der Waals surface area contributed by atoms with Crippen LogP contribution >= 0.6 is 0 Å². The normalized spacial score (nSPS) is 22.4. The molecule has 2 fully saturated rings. The number of piperidine rings is 1. The molecule has 0 bridgehead atoms. The monoisotopic (exact) mass is 396 g/mol. The van der Waals surface area contributed by atoms with Crippen LogP contribution in [-0.4, -0.2) is 68.3 Å². The number of carbonyl (C=O) groups is 2. The number of ether oxygens (including phenoxy) is 1. The molecule has 2 amide bonds. The fraction of sp³-hybridized carbons (Fsp3) is 0.556. The third kappa shape index (κ3) is 3.99. The number of nitrogens with zero attached hydrogens (tertiary/aromatic N) is 2. The molecule has 3 rings (SSSR count). The molecule has 8 nitrogen and oxygen atoms in total. The number of likely N-dealkylation sites (tertiary alicyclic amines) is 1. The summed E-state index contributed by atoms with van der Waals surface area (Å²) in [6, 6.07) is 6.15. The lowest BCUT2D eigenvalue weighted by atomic mass is 10.1. The molecule has 2 saturated heterocycles. The molecule has 0 aromatic heterocycles. The summed E-state index contributed by atoms with van der Waals surface area (Å²) in [5.41, 5.74) is 0. The molecule has 1 aromatic rings. The van der Waals surface area contributed by atoms with E-state index in [0.717, 1.165) is 0 Å². The second-order valence-electron chi connectivity index (χ2n) is 6.90. The summed E-state index contributed by atoms with van der Waals surface area (Å²) in [6.45, 7) is 3.00. The van der Waals surface area contributed by atoms with Gasteiger partial charge >= 0.3 is 0 Å². The zero-order chi connectivity index (χ0) is 19.6. The third-order valence-electron chi connectivity index (χ3n) is 5.30. The molecule has 27 heavy (non-hydrogen) atoms. The smallest absolute Gasteiger partial charge is 0.287 e. The molecule has 9 heteroatoms. The van der Waals surface area contributed by atoms with Gasteiger partial charge in [-0.1, -0.05) is 0 Å². The van der Waals surface area contributed by atoms with Crippen LogP contribution in [0.2, 0.25) is 0 Å². The van der Waals surface area contributed by atoms with Crippen molar-refractivity contribution in [3.63, 3.8) is 0 Å². The summed E-state index contributed by atoms with van der Waals surface area (Å²) in [5, 5.41) is 1.95. The molecule has 0 saturated carbocycles. The fourth-order valence-electron chi connectivity index (χ4n) is 3.73. The first-order valence-corrected chi connectivity index (χ1v) is 10.6. The molecule has 0 aliphatic carbocycles. The Balaban J connectivity index is 1.58. The number of methoxy groups -OCH3 is 1. The van der Waals surface area contributed by atoms with E-state index in [-0.39, 0.29) is 35.2 Å². The van der Waals surface area contributed by atoms with Crippen LogP contribution in [-0.2, 0) is 19.6 Å². The van der Waals surface area contributed by atoms with Crippen LogP contribution < -0.4 is 10.1 Å². The predicted molar refractivity (Wildman–Crippen MR) is 97.5 cm³/mol. The molecule has 148 valence electrons. The second kappa shape index (κ2) is 7.95. The van der Waals surface area contributed by atoms with Crippen molar-refractivity contribution < 1.29 is 28.1 Å². The Kier molecular flexibility index (Phi) is 5.83. The maximum absolute atomic E-state index is 12.8. The summed E-state index contributed by atoms with van der Waals surface area (Å²) >= 11 is 0. The summed E-state index contributed by atoms with van der Waals surface area (Å²) in [4.78, 5) is 25.6. The first-order chi connectivity index (χ1) is 12.9. The van der Waals surface area contributed by atoms with Gasteiger partial charge in [0.2, 0.25) is 15.9 Å². The van der Waals surface area contributed by atoms with Crippen LogP contribution in [0, 0.1) is 0 Å². The Morgan fingerprint density at radius 2 is 1.78 bits per heavy atom. The molecule has 2 aliphatic heterocycles. The van der Waals surface area contributed by atoms with E-state index in [1.807, 2.05) is 5.32 Å². The van der Waals surface area contributed by atoms with Gasteiger partial charge < -0.3 is 10.1 Å². The molecule has 2 N–H and O–H groups in total. The van der Waals surface area contributed by atoms with Crippen LogP contribution in [0.3, 0.4) is 0 Å². The van der Waals surface area contributed by atoms with E-state index in [9.17, 15) is 18.0 Å². The number of quaternary nitrogens is 1. The molecular weight excluding hydrogens is 370 g/mol. The Morgan fingerprint density at radius 3 is 2.30 bits per heavy atom. The summed E-state index contributed by atoms with van der Waals surface area (Å²) in [7, 11) is -2.00. The topological polar surface area (TPSA) is 101 Å². The summed E-state index contributed by atoms with van der Waals surface area (Å²) < 4.78 is 32.1. The quantitative estimate of drug-likeness (QED) is 0.657. The Bertz CT molecular complexity index is 801. The lowest BCUT2D eigenvalue weighted by Crippen LogP contribution is -2.97. The molecule has 0 unspecified atom stereocenters. The summed E-state index contributed by atoms with van der Waals surface area (Å²) in [6.07, 6.45) is 1.54. The van der Waals surface area contributed by atoms with Gasteiger partial charge in [-0.2, -0.15) is 4.31 Å². The van der Waals surface area contributed by atoms with Gasteiger partial charge in [0, 0.05) is 32.5 Å². The number of imide groups is 1. The van der Waals surface area contributed by atoms with Crippen molar-refractivity contribution in [1.82, 2.24) is 9.21 Å². The van der Waals surface area contributed by atoms with Crippen LogP contribution in [0.15, 0.2) is 29.2 Å². The van der Waals surface area contributed by atoms with E-state index in [1.54, 1.807) is 31.2 Å². The molecule has 2 heterocycles. The molecule has 1 atom stereocenters. The predicted octanol–water partition coefficient (Wildman–Crippen LogP) is -0.441. The van der Waals surface area contributed by atoms with E-state index >= 15 is 0 Å². The molecule has 0 radical (unpaired) electrons. The first kappa shape index (κ1) is 19.8. The molecular formula is C18H26N3O5S+. The van der Waals surface area contributed by atoms with Crippen LogP contribution in [0.5, 0.6) is 5.75 Å². The van der Waals surface area contributed by atoms with Crippen molar-refractivity contribution in [2.75, 3.05) is 26.7 Å². The fourth-order valence-corrected chi connectivity index (χ4v) is 5.19. The number of rotatable bonds is 6. The minimum absolute atomic E-state index is 0.122. The first-order valence-electron chi connectivity index (χ1n) is 9.20. The molecule has 2 aliphatic rings. The van der Waals surface area contributed by atoms with E-state index in [0.29, 0.717) is 38.2 Å². The highest BCUT2D eigenvalue weighted by Crippen LogP contribution is 2.22. The van der Waals surface area contributed by atoms with Crippen LogP contribution in [0.4, 0.5) is 0 Å². The number of carbonyl (C=O) groups excluding carboxylic acids is 2. The average Bonchev–Trinajstić information content (AvgIpc) is 2.94. The number of hydrogen-bond acceptors (Lipinski definition) is 5. The minimum atomic E-state index is -3.54. The molecule has 1 aromatic carbocycles. The maximum atomic E-state index is 12.8. The second-order valence-corrected chi connectivity index (χ2v) is 8.83. The highest BCUT2D eigenvalue weighted by Gasteiger charge is 2.42. The van der Waals surface area contributed by atoms with E-state index in [2.05, 4.69) is 0 Å². The van der Waals surface area contributed by atoms with Gasteiger partial charge in [-0.05, 0) is 31.2 Å². The largest absolute Gasteiger partial charge is 0.497 e. The van der Waals surface area contributed by atoms with Crippen molar-refractivity contribution in [2.45, 2.75) is 43.2 Å². The number of sulfonamides is 1. The van der Waals surface area contributed by atoms with Crippen molar-refractivity contribution in [1.29, 1.82) is 0 Å². The average molecular weight is 396 g/mol.